The molecule has 0 spiro atoms. The highest BCUT2D eigenvalue weighted by Crippen LogP contribution is 2.27. The van der Waals surface area contributed by atoms with Gasteiger partial charge in [0, 0.05) is 35.7 Å². The number of aromatic nitrogens is 1. The van der Waals surface area contributed by atoms with E-state index in [0.29, 0.717) is 25.3 Å². The fourth-order valence-corrected chi connectivity index (χ4v) is 3.17. The minimum Gasteiger partial charge on any atom is -0.490 e. The van der Waals surface area contributed by atoms with E-state index in [4.69, 9.17) is 9.47 Å². The highest BCUT2D eigenvalue weighted by molar-refractivity contribution is 7.98. The third-order valence-corrected chi connectivity index (χ3v) is 5.00. The van der Waals surface area contributed by atoms with Crippen LogP contribution < -0.4 is 4.74 Å². The molecule has 1 aromatic heterocycles. The normalized spacial score (nSPS) is 14.5. The van der Waals surface area contributed by atoms with Gasteiger partial charge in [-0.1, -0.05) is 0 Å². The van der Waals surface area contributed by atoms with Gasteiger partial charge < -0.3 is 14.4 Å². The Kier molecular flexibility index (Phi) is 6.13. The molecule has 2 heterocycles. The van der Waals surface area contributed by atoms with Crippen LogP contribution in [0.5, 0.6) is 5.75 Å². The molecule has 0 aliphatic carbocycles. The summed E-state index contributed by atoms with van der Waals surface area (Å²) in [4.78, 5) is 19.0. The van der Waals surface area contributed by atoms with Gasteiger partial charge in [-0.15, -0.1) is 11.8 Å². The SMILES string of the molecule is CSc1ccc(-c2ccc(OCC3CN(C(=O)OC(C)(C)C)C3)c(F)c2)nc1. The second-order valence-electron chi connectivity index (χ2n) is 7.79. The minimum absolute atomic E-state index is 0.173. The number of nitrogens with zero attached hydrogens (tertiary/aromatic N) is 2. The van der Waals surface area contributed by atoms with Crippen molar-refractivity contribution in [1.82, 2.24) is 9.88 Å². The molecule has 0 N–H and O–H groups in total. The molecule has 0 bridgehead atoms. The maximum atomic E-state index is 14.4. The van der Waals surface area contributed by atoms with Gasteiger partial charge in [0.05, 0.1) is 12.3 Å². The molecule has 1 aromatic carbocycles. The van der Waals surface area contributed by atoms with Crippen LogP contribution in [0.25, 0.3) is 11.3 Å². The molecule has 0 unspecified atom stereocenters. The standard InChI is InChI=1S/C21H25FN2O3S/c1-21(2,3)27-20(25)24-11-14(12-24)13-26-19-8-5-15(9-17(19)22)18-7-6-16(28-4)10-23-18/h5-10,14H,11-13H2,1-4H3. The van der Waals surface area contributed by atoms with E-state index in [2.05, 4.69) is 4.98 Å². The Hall–Kier alpha value is -2.28. The molecule has 1 saturated heterocycles. The Bertz CT molecular complexity index is 831. The van der Waals surface area contributed by atoms with Crippen molar-refractivity contribution < 1.29 is 18.7 Å². The van der Waals surface area contributed by atoms with Crippen LogP contribution in [0.1, 0.15) is 20.8 Å². The van der Waals surface area contributed by atoms with Gasteiger partial charge >= 0.3 is 6.09 Å². The van der Waals surface area contributed by atoms with Gasteiger partial charge in [-0.05, 0) is 57.4 Å². The number of likely N-dealkylation sites (tertiary alicyclic amines) is 1. The summed E-state index contributed by atoms with van der Waals surface area (Å²) in [5, 5.41) is 0. The Balaban J connectivity index is 1.51. The number of benzene rings is 1. The number of amides is 1. The summed E-state index contributed by atoms with van der Waals surface area (Å²) < 4.78 is 25.3. The molecular formula is C21H25FN2O3S. The maximum absolute atomic E-state index is 14.4. The molecule has 2 aromatic rings. The van der Waals surface area contributed by atoms with Crippen molar-refractivity contribution in [3.05, 3.63) is 42.3 Å². The van der Waals surface area contributed by atoms with Gasteiger partial charge in [-0.2, -0.15) is 0 Å². The van der Waals surface area contributed by atoms with Gasteiger partial charge in [-0.25, -0.2) is 9.18 Å². The summed E-state index contributed by atoms with van der Waals surface area (Å²) in [5.41, 5.74) is 0.918. The van der Waals surface area contributed by atoms with Gasteiger partial charge in [0.2, 0.25) is 0 Å². The van der Waals surface area contributed by atoms with E-state index in [0.717, 1.165) is 10.6 Å². The smallest absolute Gasteiger partial charge is 0.410 e. The summed E-state index contributed by atoms with van der Waals surface area (Å²) in [6.07, 6.45) is 3.44. The zero-order valence-corrected chi connectivity index (χ0v) is 17.4. The van der Waals surface area contributed by atoms with E-state index >= 15 is 0 Å². The third kappa shape index (κ3) is 5.16. The number of halogens is 1. The maximum Gasteiger partial charge on any atom is 0.410 e. The van der Waals surface area contributed by atoms with Crippen molar-refractivity contribution in [2.24, 2.45) is 5.92 Å². The summed E-state index contributed by atoms with van der Waals surface area (Å²) in [6.45, 7) is 6.98. The van der Waals surface area contributed by atoms with Crippen LogP contribution in [0.2, 0.25) is 0 Å². The van der Waals surface area contributed by atoms with Crippen LogP contribution in [0, 0.1) is 11.7 Å². The molecule has 0 saturated carbocycles. The van der Waals surface area contributed by atoms with Crippen molar-refractivity contribution in [2.45, 2.75) is 31.3 Å². The first-order chi connectivity index (χ1) is 13.2. The fraction of sp³-hybridized carbons (Fsp3) is 0.429. The second-order valence-corrected chi connectivity index (χ2v) is 8.67. The number of thioether (sulfide) groups is 1. The highest BCUT2D eigenvalue weighted by atomic mass is 32.2. The molecule has 1 amide bonds. The van der Waals surface area contributed by atoms with Crippen molar-refractivity contribution in [3.63, 3.8) is 0 Å². The lowest BCUT2D eigenvalue weighted by molar-refractivity contribution is -0.00804. The number of rotatable bonds is 5. The number of hydrogen-bond donors (Lipinski definition) is 0. The monoisotopic (exact) mass is 404 g/mol. The highest BCUT2D eigenvalue weighted by Gasteiger charge is 2.34. The lowest BCUT2D eigenvalue weighted by Crippen LogP contribution is -2.53. The molecule has 1 aliphatic rings. The third-order valence-electron chi connectivity index (χ3n) is 4.28. The molecular weight excluding hydrogens is 379 g/mol. The van der Waals surface area contributed by atoms with E-state index in [1.807, 2.05) is 39.2 Å². The van der Waals surface area contributed by atoms with Crippen LogP contribution in [0.4, 0.5) is 9.18 Å². The average molecular weight is 405 g/mol. The van der Waals surface area contributed by atoms with Crippen LogP contribution in [-0.4, -0.2) is 47.5 Å². The quantitative estimate of drug-likeness (QED) is 0.667. The number of carbonyl (C=O) groups is 1. The predicted octanol–water partition coefficient (Wildman–Crippen LogP) is 4.86. The van der Waals surface area contributed by atoms with Gasteiger partial charge in [0.15, 0.2) is 11.6 Å². The first kappa shape index (κ1) is 20.5. The van der Waals surface area contributed by atoms with Crippen LogP contribution in [-0.2, 0) is 4.74 Å². The van der Waals surface area contributed by atoms with Crippen molar-refractivity contribution in [3.8, 4) is 17.0 Å². The summed E-state index contributed by atoms with van der Waals surface area (Å²) in [5.74, 6) is -0.0379. The van der Waals surface area contributed by atoms with E-state index in [9.17, 15) is 9.18 Å². The van der Waals surface area contributed by atoms with Gasteiger partial charge in [-0.3, -0.25) is 4.98 Å². The van der Waals surface area contributed by atoms with E-state index in [1.165, 1.54) is 6.07 Å². The minimum atomic E-state index is -0.506. The van der Waals surface area contributed by atoms with E-state index < -0.39 is 11.4 Å². The molecule has 150 valence electrons. The van der Waals surface area contributed by atoms with Crippen LogP contribution >= 0.6 is 11.8 Å². The summed E-state index contributed by atoms with van der Waals surface area (Å²) in [7, 11) is 0. The lowest BCUT2D eigenvalue weighted by atomic mass is 10.0. The number of hydrogen-bond acceptors (Lipinski definition) is 5. The largest absolute Gasteiger partial charge is 0.490 e. The molecule has 0 radical (unpaired) electrons. The zero-order chi connectivity index (χ0) is 20.3. The number of pyridine rings is 1. The average Bonchev–Trinajstić information content (AvgIpc) is 2.60. The Morgan fingerprint density at radius 2 is 2.04 bits per heavy atom. The topological polar surface area (TPSA) is 51.7 Å². The second kappa shape index (κ2) is 8.39. The first-order valence-electron chi connectivity index (χ1n) is 9.16. The van der Waals surface area contributed by atoms with Gasteiger partial charge in [0.1, 0.15) is 5.60 Å². The molecule has 1 fully saturated rings. The number of ether oxygens (including phenoxy) is 2. The Morgan fingerprint density at radius 3 is 2.61 bits per heavy atom. The van der Waals surface area contributed by atoms with Gasteiger partial charge in [0.25, 0.3) is 0 Å². The van der Waals surface area contributed by atoms with Crippen LogP contribution in [0.3, 0.4) is 0 Å². The molecule has 7 heteroatoms. The Morgan fingerprint density at radius 1 is 1.29 bits per heavy atom. The fourth-order valence-electron chi connectivity index (χ4n) is 2.81. The molecule has 1 aliphatic heterocycles. The summed E-state index contributed by atoms with van der Waals surface area (Å²) >= 11 is 1.61. The predicted molar refractivity (Wildman–Crippen MR) is 108 cm³/mol. The molecule has 5 nitrogen and oxygen atoms in total. The van der Waals surface area contributed by atoms with Crippen molar-refractivity contribution in [2.75, 3.05) is 26.0 Å². The first-order valence-corrected chi connectivity index (χ1v) is 10.4. The van der Waals surface area contributed by atoms with E-state index in [-0.39, 0.29) is 17.8 Å². The van der Waals surface area contributed by atoms with Crippen LogP contribution in [0.15, 0.2) is 41.4 Å². The zero-order valence-electron chi connectivity index (χ0n) is 16.6. The molecule has 3 rings (SSSR count). The molecule has 28 heavy (non-hydrogen) atoms. The van der Waals surface area contributed by atoms with Crippen molar-refractivity contribution in [1.29, 1.82) is 0 Å². The number of carbonyl (C=O) groups excluding carboxylic acids is 1. The Labute approximate surface area is 169 Å². The van der Waals surface area contributed by atoms with E-state index in [1.54, 1.807) is 35.0 Å². The lowest BCUT2D eigenvalue weighted by Gasteiger charge is -2.39. The summed E-state index contributed by atoms with van der Waals surface area (Å²) in [6, 6.07) is 8.69. The van der Waals surface area contributed by atoms with Crippen molar-refractivity contribution >= 4 is 17.9 Å². The molecule has 0 atom stereocenters.